The van der Waals surface area contributed by atoms with Crippen LogP contribution in [-0.2, 0) is 0 Å². The minimum atomic E-state index is 1.17. The Morgan fingerprint density at radius 2 is 0.796 bits per heavy atom. The van der Waals surface area contributed by atoms with Crippen LogP contribution in [0.2, 0.25) is 0 Å². The van der Waals surface area contributed by atoms with Gasteiger partial charge in [-0.15, -0.1) is 0 Å². The Morgan fingerprint density at radius 1 is 0.367 bits per heavy atom. The van der Waals surface area contributed by atoms with Crippen molar-refractivity contribution in [2.45, 2.75) is 6.92 Å². The van der Waals surface area contributed by atoms with E-state index in [1.165, 1.54) is 111 Å². The first-order chi connectivity index (χ1) is 24.3. The topological polar surface area (TPSA) is 0 Å². The molecule has 10 rings (SSSR count). The van der Waals surface area contributed by atoms with Crippen LogP contribution in [0.15, 0.2) is 158 Å². The minimum absolute atomic E-state index is 1.17. The van der Waals surface area contributed by atoms with E-state index >= 15 is 0 Å². The third-order valence-corrected chi connectivity index (χ3v) is 10.7. The summed E-state index contributed by atoms with van der Waals surface area (Å²) in [6.45, 7) is 6.51. The fourth-order valence-corrected chi connectivity index (χ4v) is 8.79. The summed E-state index contributed by atoms with van der Waals surface area (Å²) < 4.78 is 0. The van der Waals surface area contributed by atoms with Crippen molar-refractivity contribution in [2.75, 3.05) is 0 Å². The Bertz CT molecular complexity index is 2680. The van der Waals surface area contributed by atoms with E-state index in [1.54, 1.807) is 0 Å². The Labute approximate surface area is 287 Å². The van der Waals surface area contributed by atoms with Gasteiger partial charge in [-0.2, -0.15) is 0 Å². The largest absolute Gasteiger partial charge is 0.0984 e. The van der Waals surface area contributed by atoms with E-state index in [0.29, 0.717) is 0 Å². The van der Waals surface area contributed by atoms with Crippen LogP contribution in [0.5, 0.6) is 0 Å². The third-order valence-electron chi connectivity index (χ3n) is 10.7. The van der Waals surface area contributed by atoms with Gasteiger partial charge >= 0.3 is 0 Å². The molecule has 0 radical (unpaired) electrons. The zero-order valence-electron chi connectivity index (χ0n) is 27.3. The molecule has 0 spiro atoms. The molecule has 0 heterocycles. The molecule has 2 aliphatic rings. The molecule has 0 amide bonds. The summed E-state index contributed by atoms with van der Waals surface area (Å²) in [7, 11) is 0. The van der Waals surface area contributed by atoms with Crippen LogP contribution in [0.25, 0.3) is 112 Å². The fourth-order valence-electron chi connectivity index (χ4n) is 8.79. The smallest absolute Gasteiger partial charge is 0.000741 e. The first-order valence-electron chi connectivity index (χ1n) is 17.1. The highest BCUT2D eigenvalue weighted by Gasteiger charge is 2.32. The quantitative estimate of drug-likeness (QED) is 0.180. The molecule has 2 aliphatic carbocycles. The lowest BCUT2D eigenvalue weighted by atomic mass is 9.80. The van der Waals surface area contributed by atoms with Gasteiger partial charge in [-0.3, -0.25) is 0 Å². The van der Waals surface area contributed by atoms with Crippen molar-refractivity contribution in [2.24, 2.45) is 0 Å². The van der Waals surface area contributed by atoms with Gasteiger partial charge in [0, 0.05) is 0 Å². The Morgan fingerprint density at radius 3 is 1.37 bits per heavy atom. The van der Waals surface area contributed by atoms with Gasteiger partial charge in [-0.05, 0) is 117 Å². The lowest BCUT2D eigenvalue weighted by Crippen LogP contribution is -1.98. The molecule has 228 valence electrons. The van der Waals surface area contributed by atoms with Crippen molar-refractivity contribution in [3.05, 3.63) is 169 Å². The maximum Gasteiger partial charge on any atom is -0.000741 e. The molecule has 8 aromatic rings. The van der Waals surface area contributed by atoms with E-state index < -0.39 is 0 Å². The molecule has 0 bridgehead atoms. The maximum atomic E-state index is 4.40. The lowest BCUT2D eigenvalue weighted by Gasteiger charge is -2.22. The van der Waals surface area contributed by atoms with Crippen LogP contribution in [-0.4, -0.2) is 0 Å². The van der Waals surface area contributed by atoms with Crippen molar-refractivity contribution < 1.29 is 0 Å². The average molecular weight is 621 g/mol. The molecular weight excluding hydrogens is 589 g/mol. The summed E-state index contributed by atoms with van der Waals surface area (Å²) in [6, 6.07) is 53.7. The van der Waals surface area contributed by atoms with E-state index in [4.69, 9.17) is 0 Å². The normalized spacial score (nSPS) is 12.2. The highest BCUT2D eigenvalue weighted by molar-refractivity contribution is 6.27. The van der Waals surface area contributed by atoms with E-state index in [2.05, 4.69) is 177 Å². The second-order valence-corrected chi connectivity index (χ2v) is 13.1. The van der Waals surface area contributed by atoms with Gasteiger partial charge < -0.3 is 0 Å². The minimum Gasteiger partial charge on any atom is -0.0984 e. The molecule has 0 heteroatoms. The Balaban J connectivity index is 1.32. The zero-order valence-corrected chi connectivity index (χ0v) is 27.3. The zero-order chi connectivity index (χ0) is 32.6. The molecule has 0 fully saturated rings. The fraction of sp³-hybridized carbons (Fsp3) is 0.0204. The predicted octanol–water partition coefficient (Wildman–Crippen LogP) is 14.0. The molecule has 49 heavy (non-hydrogen) atoms. The van der Waals surface area contributed by atoms with E-state index in [0.717, 1.165) is 0 Å². The standard InChI is InChI=1S/C49H32/c1-3-15-37-32(4-2)44(30-16-7-5-8-17-30)48-42-25-14-24-40-36(27-29-43(47(40)42)49(48)45(37)31-18-9-6-10-19-31)35-26-28-41-34-21-12-11-20-33(34)38-22-13-23-39(35)46(38)41/h3-29H,2H2,1H3/b15-3-. The molecule has 0 N–H and O–H groups in total. The highest BCUT2D eigenvalue weighted by Crippen LogP contribution is 2.59. The Hall–Kier alpha value is -6.24. The van der Waals surface area contributed by atoms with Gasteiger partial charge in [0.05, 0.1) is 0 Å². The van der Waals surface area contributed by atoms with E-state index in [-0.39, 0.29) is 0 Å². The highest BCUT2D eigenvalue weighted by atomic mass is 14.3. The van der Waals surface area contributed by atoms with Crippen molar-refractivity contribution in [3.8, 4) is 77.9 Å². The second-order valence-electron chi connectivity index (χ2n) is 13.1. The third kappa shape index (κ3) is 3.80. The first kappa shape index (κ1) is 27.8. The van der Waals surface area contributed by atoms with Crippen LogP contribution in [0, 0.1) is 0 Å². The van der Waals surface area contributed by atoms with Gasteiger partial charge in [-0.1, -0.05) is 170 Å². The summed E-state index contributed by atoms with van der Waals surface area (Å²) >= 11 is 0. The van der Waals surface area contributed by atoms with Gasteiger partial charge in [0.15, 0.2) is 0 Å². The summed E-state index contributed by atoms with van der Waals surface area (Å²) in [5.41, 5.74) is 20.3. The molecule has 0 unspecified atom stereocenters. The monoisotopic (exact) mass is 620 g/mol. The summed E-state index contributed by atoms with van der Waals surface area (Å²) in [4.78, 5) is 0. The average Bonchev–Trinajstić information content (AvgIpc) is 3.67. The summed E-state index contributed by atoms with van der Waals surface area (Å²) in [5, 5.41) is 5.27. The number of rotatable bonds is 5. The molecular formula is C49H32. The van der Waals surface area contributed by atoms with Gasteiger partial charge in [0.25, 0.3) is 0 Å². The summed E-state index contributed by atoms with van der Waals surface area (Å²) in [5.74, 6) is 0. The van der Waals surface area contributed by atoms with Gasteiger partial charge in [0.1, 0.15) is 0 Å². The molecule has 8 aromatic carbocycles. The van der Waals surface area contributed by atoms with E-state index in [1.807, 2.05) is 0 Å². The molecule has 0 aliphatic heterocycles. The molecule has 0 saturated carbocycles. The van der Waals surface area contributed by atoms with Crippen molar-refractivity contribution in [1.29, 1.82) is 0 Å². The molecule has 0 aromatic heterocycles. The van der Waals surface area contributed by atoms with Crippen LogP contribution < -0.4 is 0 Å². The number of benzene rings is 8. The number of fused-ring (bicyclic) bond motifs is 6. The van der Waals surface area contributed by atoms with Crippen LogP contribution in [0.3, 0.4) is 0 Å². The van der Waals surface area contributed by atoms with E-state index in [9.17, 15) is 0 Å². The molecule has 0 atom stereocenters. The maximum absolute atomic E-state index is 4.40. The number of allylic oxidation sites excluding steroid dienone is 1. The SMILES string of the molecule is C=Cc1c(/C=C\C)c(-c2ccccc2)c2c(c1-c1ccccc1)-c1cccc3c(-c4ccc5c6c(cccc46)-c4ccccc4-5)ccc-2c13. The van der Waals surface area contributed by atoms with Gasteiger partial charge in [-0.25, -0.2) is 0 Å². The summed E-state index contributed by atoms with van der Waals surface area (Å²) in [6.07, 6.45) is 6.49. The van der Waals surface area contributed by atoms with Crippen LogP contribution in [0.4, 0.5) is 0 Å². The lowest BCUT2D eigenvalue weighted by molar-refractivity contribution is 1.54. The molecule has 0 saturated heterocycles. The van der Waals surface area contributed by atoms with Crippen LogP contribution in [0.1, 0.15) is 18.1 Å². The molecule has 0 nitrogen and oxygen atoms in total. The first-order valence-corrected chi connectivity index (χ1v) is 17.1. The second kappa shape index (κ2) is 10.6. The van der Waals surface area contributed by atoms with Crippen LogP contribution >= 0.6 is 0 Å². The van der Waals surface area contributed by atoms with Crippen molar-refractivity contribution in [1.82, 2.24) is 0 Å². The predicted molar refractivity (Wildman–Crippen MR) is 211 cm³/mol. The Kier molecular flexibility index (Phi) is 6.04. The van der Waals surface area contributed by atoms with Gasteiger partial charge in [0.2, 0.25) is 0 Å². The van der Waals surface area contributed by atoms with Crippen molar-refractivity contribution >= 4 is 33.7 Å². The number of hydrogen-bond acceptors (Lipinski definition) is 0. The van der Waals surface area contributed by atoms with Crippen molar-refractivity contribution in [3.63, 3.8) is 0 Å². The number of hydrogen-bond donors (Lipinski definition) is 0.